The predicted molar refractivity (Wildman–Crippen MR) is 90.5 cm³/mol. The quantitative estimate of drug-likeness (QED) is 0.605. The summed E-state index contributed by atoms with van der Waals surface area (Å²) in [6.07, 6.45) is 5.66. The Kier molecular flexibility index (Phi) is 8.16. The van der Waals surface area contributed by atoms with Gasteiger partial charge < -0.3 is 14.5 Å². The lowest BCUT2D eigenvalue weighted by Crippen LogP contribution is -1.99. The maximum absolute atomic E-state index is 12.0. The zero-order valence-corrected chi connectivity index (χ0v) is 14.9. The van der Waals surface area contributed by atoms with Gasteiger partial charge in [-0.15, -0.1) is 0 Å². The van der Waals surface area contributed by atoms with E-state index in [-0.39, 0.29) is 12.8 Å². The minimum Gasteiger partial charge on any atom is -0.507 e. The van der Waals surface area contributed by atoms with E-state index in [1.807, 2.05) is 12.1 Å². The van der Waals surface area contributed by atoms with E-state index in [0.717, 1.165) is 55.2 Å². The highest BCUT2D eigenvalue weighted by Gasteiger charge is 2.21. The topological polar surface area (TPSA) is 66.8 Å². The van der Waals surface area contributed by atoms with Crippen LogP contribution >= 0.6 is 7.60 Å². The molecule has 0 aliphatic rings. The first-order valence-electron chi connectivity index (χ1n) is 8.23. The highest BCUT2D eigenvalue weighted by Crippen LogP contribution is 2.46. The van der Waals surface area contributed by atoms with E-state index in [1.165, 1.54) is 0 Å². The van der Waals surface area contributed by atoms with Crippen LogP contribution < -0.4 is 0 Å². The van der Waals surface area contributed by atoms with Crippen LogP contribution in [0.25, 0.3) is 0 Å². The molecule has 1 atom stereocenters. The Hall–Kier alpha value is -0.830. The molecule has 0 saturated heterocycles. The average Bonchev–Trinajstić information content (AvgIpc) is 2.45. The molecule has 0 fully saturated rings. The fraction of sp³-hybridized carbons (Fsp3) is 0.647. The number of rotatable bonds is 10. The third-order valence-corrected chi connectivity index (χ3v) is 5.07. The number of benzene rings is 1. The summed E-state index contributed by atoms with van der Waals surface area (Å²) in [5, 5.41) is 10.4. The summed E-state index contributed by atoms with van der Waals surface area (Å²) < 4.78 is 16.9. The predicted octanol–water partition coefficient (Wildman–Crippen LogP) is 4.80. The number of aromatic hydroxyl groups is 1. The normalized spacial score (nSPS) is 14.0. The maximum Gasteiger partial charge on any atom is 0.332 e. The fourth-order valence-corrected chi connectivity index (χ4v) is 3.66. The first-order chi connectivity index (χ1) is 10.4. The molecule has 5 heteroatoms. The Morgan fingerprint density at radius 2 is 1.55 bits per heavy atom. The highest BCUT2D eigenvalue weighted by atomic mass is 31.2. The molecule has 0 spiro atoms. The minimum absolute atomic E-state index is 0.000625. The molecule has 0 saturated carbocycles. The third-order valence-electron chi connectivity index (χ3n) is 3.64. The van der Waals surface area contributed by atoms with Crippen molar-refractivity contribution in [2.75, 3.05) is 6.61 Å². The van der Waals surface area contributed by atoms with Gasteiger partial charge in [0.25, 0.3) is 0 Å². The van der Waals surface area contributed by atoms with E-state index in [4.69, 9.17) is 4.52 Å². The number of hydrogen-bond donors (Lipinski definition) is 2. The lowest BCUT2D eigenvalue weighted by Gasteiger charge is -2.15. The number of hydrogen-bond acceptors (Lipinski definition) is 3. The zero-order valence-electron chi connectivity index (χ0n) is 14.0. The van der Waals surface area contributed by atoms with Crippen molar-refractivity contribution < 1.29 is 19.1 Å². The second kappa shape index (κ2) is 9.34. The molecular weight excluding hydrogens is 299 g/mol. The first kappa shape index (κ1) is 19.2. The van der Waals surface area contributed by atoms with E-state index < -0.39 is 7.60 Å². The van der Waals surface area contributed by atoms with Gasteiger partial charge in [-0.05, 0) is 49.3 Å². The van der Waals surface area contributed by atoms with Crippen LogP contribution in [0.3, 0.4) is 0 Å². The van der Waals surface area contributed by atoms with Crippen molar-refractivity contribution in [1.29, 1.82) is 0 Å². The van der Waals surface area contributed by atoms with Crippen LogP contribution in [-0.2, 0) is 28.1 Å². The standard InChI is InChI=1S/C17H29O4P/c1-4-7-9-15-11-14(13-22(19,20)21-6-3)12-16(17(15)18)10-8-5-2/h11-12,18H,4-10,13H2,1-3H3,(H,19,20). The van der Waals surface area contributed by atoms with Gasteiger partial charge >= 0.3 is 7.60 Å². The van der Waals surface area contributed by atoms with Crippen molar-refractivity contribution in [3.63, 3.8) is 0 Å². The zero-order chi connectivity index (χ0) is 16.6. The van der Waals surface area contributed by atoms with E-state index in [2.05, 4.69) is 13.8 Å². The molecule has 0 amide bonds. The summed E-state index contributed by atoms with van der Waals surface area (Å²) in [4.78, 5) is 9.84. The SMILES string of the molecule is CCCCc1cc(CP(=O)(O)OCC)cc(CCCC)c1O. The Labute approximate surface area is 134 Å². The Morgan fingerprint density at radius 1 is 1.05 bits per heavy atom. The molecule has 0 aromatic heterocycles. The fourth-order valence-electron chi connectivity index (χ4n) is 2.52. The van der Waals surface area contributed by atoms with Gasteiger partial charge in [-0.2, -0.15) is 0 Å². The molecule has 2 N–H and O–H groups in total. The molecule has 22 heavy (non-hydrogen) atoms. The van der Waals surface area contributed by atoms with Crippen LogP contribution in [0, 0.1) is 0 Å². The molecule has 126 valence electrons. The lowest BCUT2D eigenvalue weighted by molar-refractivity contribution is 0.272. The summed E-state index contributed by atoms with van der Waals surface area (Å²) in [6.45, 7) is 6.14. The molecule has 0 heterocycles. The van der Waals surface area contributed by atoms with Crippen molar-refractivity contribution in [2.24, 2.45) is 0 Å². The van der Waals surface area contributed by atoms with Gasteiger partial charge in [-0.25, -0.2) is 0 Å². The number of unbranched alkanes of at least 4 members (excludes halogenated alkanes) is 2. The molecule has 1 aromatic carbocycles. The lowest BCUT2D eigenvalue weighted by atomic mass is 9.97. The van der Waals surface area contributed by atoms with Crippen LogP contribution in [0.1, 0.15) is 63.1 Å². The van der Waals surface area contributed by atoms with Gasteiger partial charge in [0, 0.05) is 0 Å². The monoisotopic (exact) mass is 328 g/mol. The van der Waals surface area contributed by atoms with Crippen molar-refractivity contribution in [2.45, 2.75) is 65.5 Å². The maximum atomic E-state index is 12.0. The van der Waals surface area contributed by atoms with Gasteiger partial charge in [0.1, 0.15) is 5.75 Å². The van der Waals surface area contributed by atoms with Crippen LogP contribution in [0.5, 0.6) is 5.75 Å². The molecule has 0 aliphatic heterocycles. The minimum atomic E-state index is -3.60. The summed E-state index contributed by atoms with van der Waals surface area (Å²) in [7, 11) is -3.60. The molecule has 1 aromatic rings. The number of phenols is 1. The van der Waals surface area contributed by atoms with E-state index in [1.54, 1.807) is 6.92 Å². The van der Waals surface area contributed by atoms with Gasteiger partial charge in [0.2, 0.25) is 0 Å². The molecular formula is C17H29O4P. The van der Waals surface area contributed by atoms with Gasteiger partial charge in [0.15, 0.2) is 0 Å². The third kappa shape index (κ3) is 6.12. The smallest absolute Gasteiger partial charge is 0.332 e. The van der Waals surface area contributed by atoms with Gasteiger partial charge in [-0.1, -0.05) is 38.8 Å². The van der Waals surface area contributed by atoms with Gasteiger partial charge in [0.05, 0.1) is 12.8 Å². The Balaban J connectivity index is 3.07. The average molecular weight is 328 g/mol. The summed E-state index contributed by atoms with van der Waals surface area (Å²) in [5.74, 6) is 0.356. The van der Waals surface area contributed by atoms with Crippen LogP contribution in [-0.4, -0.2) is 16.6 Å². The summed E-state index contributed by atoms with van der Waals surface area (Å²) in [5.41, 5.74) is 2.53. The Morgan fingerprint density at radius 3 is 1.95 bits per heavy atom. The van der Waals surface area contributed by atoms with Gasteiger partial charge in [-0.3, -0.25) is 4.57 Å². The van der Waals surface area contributed by atoms with Crippen molar-refractivity contribution in [3.05, 3.63) is 28.8 Å². The van der Waals surface area contributed by atoms with Crippen LogP contribution in [0.2, 0.25) is 0 Å². The molecule has 1 unspecified atom stereocenters. The number of aryl methyl sites for hydroxylation is 2. The van der Waals surface area contributed by atoms with Crippen LogP contribution in [0.4, 0.5) is 0 Å². The van der Waals surface area contributed by atoms with E-state index in [9.17, 15) is 14.6 Å². The molecule has 0 radical (unpaired) electrons. The summed E-state index contributed by atoms with van der Waals surface area (Å²) >= 11 is 0. The highest BCUT2D eigenvalue weighted by molar-refractivity contribution is 7.51. The molecule has 1 rings (SSSR count). The van der Waals surface area contributed by atoms with Crippen molar-refractivity contribution in [1.82, 2.24) is 0 Å². The molecule has 4 nitrogen and oxygen atoms in total. The molecule has 0 aliphatic carbocycles. The molecule has 0 bridgehead atoms. The van der Waals surface area contributed by atoms with E-state index >= 15 is 0 Å². The van der Waals surface area contributed by atoms with Crippen LogP contribution in [0.15, 0.2) is 12.1 Å². The van der Waals surface area contributed by atoms with E-state index in [0.29, 0.717) is 5.75 Å². The number of phenolic OH excluding ortho intramolecular Hbond substituents is 1. The van der Waals surface area contributed by atoms with Crippen molar-refractivity contribution >= 4 is 7.60 Å². The first-order valence-corrected chi connectivity index (χ1v) is 9.99. The van der Waals surface area contributed by atoms with Crippen molar-refractivity contribution in [3.8, 4) is 5.75 Å². The summed E-state index contributed by atoms with van der Waals surface area (Å²) in [6, 6.07) is 3.70. The second-order valence-electron chi connectivity index (χ2n) is 5.68. The largest absolute Gasteiger partial charge is 0.507 e. The Bertz CT molecular complexity index is 484. The second-order valence-corrected chi connectivity index (χ2v) is 7.53.